The number of hydrogen-bond acceptors (Lipinski definition) is 7. The summed E-state index contributed by atoms with van der Waals surface area (Å²) in [5, 5.41) is 14.2. The molecule has 0 aliphatic heterocycles. The maximum atomic E-state index is 13.9. The summed E-state index contributed by atoms with van der Waals surface area (Å²) in [6.45, 7) is 0.699. The second kappa shape index (κ2) is 11.0. The van der Waals surface area contributed by atoms with Crippen molar-refractivity contribution in [1.82, 2.24) is 10.1 Å². The number of halogens is 3. The Labute approximate surface area is 257 Å². The highest BCUT2D eigenvalue weighted by Gasteiger charge is 2.50. The number of nitrogens with zero attached hydrogens (tertiary/aromatic N) is 2. The summed E-state index contributed by atoms with van der Waals surface area (Å²) in [5.41, 5.74) is 0.223. The van der Waals surface area contributed by atoms with Crippen LogP contribution in [0, 0.1) is 5.41 Å². The Morgan fingerprint density at radius 2 is 1.78 bits per heavy atom. The molecule has 45 heavy (non-hydrogen) atoms. The number of ether oxygens (including phenoxy) is 3. The van der Waals surface area contributed by atoms with Crippen LogP contribution in [0.15, 0.2) is 53.1 Å². The number of alkyl halides is 3. The van der Waals surface area contributed by atoms with Crippen LogP contribution in [0.4, 0.5) is 13.2 Å². The van der Waals surface area contributed by atoms with Crippen molar-refractivity contribution in [2.75, 3.05) is 13.7 Å². The third-order valence-electron chi connectivity index (χ3n) is 9.84. The van der Waals surface area contributed by atoms with Gasteiger partial charge in [-0.3, -0.25) is 0 Å². The third kappa shape index (κ3) is 5.62. The topological polar surface area (TPSA) is 104 Å². The van der Waals surface area contributed by atoms with Gasteiger partial charge in [0, 0.05) is 33.9 Å². The highest BCUT2D eigenvalue weighted by Crippen LogP contribution is 2.55. The molecular formula is C34H33F3N2O6. The summed E-state index contributed by atoms with van der Waals surface area (Å²) < 4.78 is 65.6. The molecule has 2 aromatic heterocycles. The number of fused-ring (bicyclic) bond motifs is 4. The molecule has 4 aromatic rings. The van der Waals surface area contributed by atoms with Crippen molar-refractivity contribution in [3.05, 3.63) is 71.1 Å². The molecule has 0 amide bonds. The molecule has 4 saturated carbocycles. The Bertz CT molecular complexity index is 1740. The highest BCUT2D eigenvalue weighted by molar-refractivity contribution is 5.93. The summed E-state index contributed by atoms with van der Waals surface area (Å²) in [7, 11) is 1.49. The van der Waals surface area contributed by atoms with E-state index >= 15 is 0 Å². The maximum absolute atomic E-state index is 13.9. The van der Waals surface area contributed by atoms with E-state index in [1.807, 2.05) is 6.07 Å². The number of carboxylic acid groups (broad SMARTS) is 1. The first-order valence-corrected chi connectivity index (χ1v) is 15.2. The fourth-order valence-electron chi connectivity index (χ4n) is 6.94. The Morgan fingerprint density at radius 3 is 2.44 bits per heavy atom. The summed E-state index contributed by atoms with van der Waals surface area (Å²) in [6, 6.07) is 12.3. The van der Waals surface area contributed by atoms with Gasteiger partial charge in [0.2, 0.25) is 0 Å². The van der Waals surface area contributed by atoms with Crippen LogP contribution in [0.5, 0.6) is 11.5 Å². The molecule has 11 heteroatoms. The molecular weight excluding hydrogens is 589 g/mol. The van der Waals surface area contributed by atoms with Gasteiger partial charge < -0.3 is 23.8 Å². The van der Waals surface area contributed by atoms with Gasteiger partial charge in [0.05, 0.1) is 37.0 Å². The number of carboxylic acids is 1. The molecule has 2 aromatic carbocycles. The number of benzene rings is 2. The summed E-state index contributed by atoms with van der Waals surface area (Å²) in [6.07, 6.45) is 2.60. The first kappa shape index (κ1) is 29.6. The largest absolute Gasteiger partial charge is 0.496 e. The molecule has 2 bridgehead atoms. The predicted molar refractivity (Wildman–Crippen MR) is 157 cm³/mol. The molecule has 0 radical (unpaired) electrons. The Kier molecular flexibility index (Phi) is 7.26. The lowest BCUT2D eigenvalue weighted by Gasteiger charge is -2.52. The van der Waals surface area contributed by atoms with Crippen LogP contribution in [0.25, 0.3) is 22.2 Å². The second-order valence-electron chi connectivity index (χ2n) is 12.6. The van der Waals surface area contributed by atoms with Crippen LogP contribution in [0.2, 0.25) is 0 Å². The zero-order chi connectivity index (χ0) is 31.4. The quantitative estimate of drug-likeness (QED) is 0.189. The monoisotopic (exact) mass is 622 g/mol. The first-order valence-electron chi connectivity index (χ1n) is 15.2. The SMILES string of the molecule is COc1cc(C(=O)O)nc2ccc(OCC34CCC(OCc5c(-c6ccccc6C(F)(F)F)noc5C5CC5)(CC3)CC4)cc12. The van der Waals surface area contributed by atoms with Gasteiger partial charge in [0.15, 0.2) is 5.69 Å². The Balaban J connectivity index is 1.04. The van der Waals surface area contributed by atoms with Crippen molar-refractivity contribution < 1.29 is 41.8 Å². The van der Waals surface area contributed by atoms with Gasteiger partial charge in [-0.25, -0.2) is 9.78 Å². The molecule has 4 fully saturated rings. The lowest BCUT2D eigenvalue weighted by Crippen LogP contribution is -2.49. The fraction of sp³-hybridized carbons (Fsp3) is 0.441. The number of aromatic nitrogens is 2. The summed E-state index contributed by atoms with van der Waals surface area (Å²) >= 11 is 0. The molecule has 1 N–H and O–H groups in total. The Morgan fingerprint density at radius 1 is 1.04 bits per heavy atom. The predicted octanol–water partition coefficient (Wildman–Crippen LogP) is 8.18. The van der Waals surface area contributed by atoms with Crippen molar-refractivity contribution in [3.8, 4) is 22.8 Å². The van der Waals surface area contributed by atoms with Crippen LogP contribution >= 0.6 is 0 Å². The van der Waals surface area contributed by atoms with Gasteiger partial charge in [0.25, 0.3) is 0 Å². The number of hydrogen-bond donors (Lipinski definition) is 1. The van der Waals surface area contributed by atoms with Gasteiger partial charge in [0.1, 0.15) is 23.0 Å². The van der Waals surface area contributed by atoms with Crippen molar-refractivity contribution in [2.45, 2.75) is 75.7 Å². The smallest absolute Gasteiger partial charge is 0.417 e. The maximum Gasteiger partial charge on any atom is 0.417 e. The minimum Gasteiger partial charge on any atom is -0.496 e. The normalized spacial score (nSPS) is 22.9. The van der Waals surface area contributed by atoms with E-state index in [1.165, 1.54) is 25.3 Å². The number of methoxy groups -OCH3 is 1. The zero-order valence-corrected chi connectivity index (χ0v) is 24.8. The molecule has 2 heterocycles. The number of aromatic carboxylic acids is 1. The molecule has 0 spiro atoms. The van der Waals surface area contributed by atoms with Gasteiger partial charge in [-0.1, -0.05) is 23.4 Å². The third-order valence-corrected chi connectivity index (χ3v) is 9.84. The van der Waals surface area contributed by atoms with Crippen molar-refractivity contribution in [1.29, 1.82) is 0 Å². The fourth-order valence-corrected chi connectivity index (χ4v) is 6.94. The molecule has 236 valence electrons. The van der Waals surface area contributed by atoms with E-state index < -0.39 is 17.7 Å². The van der Waals surface area contributed by atoms with Crippen LogP contribution in [0.3, 0.4) is 0 Å². The minimum atomic E-state index is -4.51. The number of pyridine rings is 1. The average Bonchev–Trinajstić information content (AvgIpc) is 3.81. The molecule has 0 unspecified atom stereocenters. The van der Waals surface area contributed by atoms with E-state index in [2.05, 4.69) is 10.1 Å². The van der Waals surface area contributed by atoms with E-state index in [9.17, 15) is 23.1 Å². The lowest BCUT2D eigenvalue weighted by molar-refractivity contribution is -0.150. The molecule has 8 nitrogen and oxygen atoms in total. The van der Waals surface area contributed by atoms with Gasteiger partial charge in [-0.05, 0) is 75.6 Å². The summed E-state index contributed by atoms with van der Waals surface area (Å²) in [4.78, 5) is 15.6. The van der Waals surface area contributed by atoms with Gasteiger partial charge in [-0.15, -0.1) is 0 Å². The zero-order valence-electron chi connectivity index (χ0n) is 24.8. The van der Waals surface area contributed by atoms with Crippen LogP contribution < -0.4 is 9.47 Å². The lowest BCUT2D eigenvalue weighted by atomic mass is 9.59. The molecule has 4 aliphatic carbocycles. The van der Waals surface area contributed by atoms with E-state index in [0.717, 1.165) is 57.4 Å². The minimum absolute atomic E-state index is 0.00272. The van der Waals surface area contributed by atoms with Crippen molar-refractivity contribution in [3.63, 3.8) is 0 Å². The Hall–Kier alpha value is -4.12. The molecule has 4 aliphatic rings. The van der Waals surface area contributed by atoms with Crippen molar-refractivity contribution >= 4 is 16.9 Å². The molecule has 8 rings (SSSR count). The molecule has 0 saturated heterocycles. The van der Waals surface area contributed by atoms with Gasteiger partial charge >= 0.3 is 12.1 Å². The standard InChI is InChI=1S/C34H33F3N2O6/c1-42-28-17-27(31(40)41)38-26-9-8-21(16-23(26)28)43-19-32-10-13-33(14-11-32,15-12-32)44-18-24-29(39-45-30(24)20-6-7-20)22-4-2-3-5-25(22)34(35,36)37/h2-5,8-9,16-17,20H,6-7,10-15,18-19H2,1H3,(H,40,41). The van der Waals surface area contributed by atoms with Gasteiger partial charge in [-0.2, -0.15) is 13.2 Å². The van der Waals surface area contributed by atoms with E-state index in [-0.39, 0.29) is 40.5 Å². The number of rotatable bonds is 10. The van der Waals surface area contributed by atoms with E-state index in [0.29, 0.717) is 40.3 Å². The van der Waals surface area contributed by atoms with E-state index in [1.54, 1.807) is 18.2 Å². The highest BCUT2D eigenvalue weighted by atomic mass is 19.4. The van der Waals surface area contributed by atoms with Crippen LogP contribution in [0.1, 0.15) is 84.7 Å². The summed E-state index contributed by atoms with van der Waals surface area (Å²) in [5.74, 6) is 0.773. The average molecular weight is 623 g/mol. The first-order chi connectivity index (χ1) is 21.6. The van der Waals surface area contributed by atoms with Crippen LogP contribution in [-0.4, -0.2) is 40.5 Å². The number of carbonyl (C=O) groups is 1. The second-order valence-corrected chi connectivity index (χ2v) is 12.6. The van der Waals surface area contributed by atoms with Crippen molar-refractivity contribution in [2.24, 2.45) is 5.41 Å². The van der Waals surface area contributed by atoms with Crippen LogP contribution in [-0.2, 0) is 17.5 Å². The van der Waals surface area contributed by atoms with E-state index in [4.69, 9.17) is 18.7 Å². The molecule has 0 atom stereocenters.